The lowest BCUT2D eigenvalue weighted by Crippen LogP contribution is -2.37. The van der Waals surface area contributed by atoms with Gasteiger partial charge in [0.25, 0.3) is 0 Å². The van der Waals surface area contributed by atoms with E-state index in [1.807, 2.05) is 0 Å². The predicted octanol–water partition coefficient (Wildman–Crippen LogP) is 0.0302. The summed E-state index contributed by atoms with van der Waals surface area (Å²) in [5.74, 6) is -2.96. The Balaban J connectivity index is 1.92. The van der Waals surface area contributed by atoms with Crippen molar-refractivity contribution in [1.29, 1.82) is 5.26 Å². The van der Waals surface area contributed by atoms with E-state index in [1.165, 1.54) is 6.92 Å². The van der Waals surface area contributed by atoms with Crippen LogP contribution in [0.1, 0.15) is 32.6 Å². The molecule has 2 rings (SSSR count). The molecule has 2 amide bonds. The fourth-order valence-corrected chi connectivity index (χ4v) is 3.15. The molecule has 0 aromatic carbocycles. The third-order valence-corrected chi connectivity index (χ3v) is 4.37. The maximum Gasteiger partial charge on any atom is 0.326 e. The number of nitrogens with zero attached hydrogens (tertiary/aromatic N) is 2. The summed E-state index contributed by atoms with van der Waals surface area (Å²) in [5.41, 5.74) is 5.15. The number of carbonyl (C=O) groups is 4. The van der Waals surface area contributed by atoms with E-state index in [4.69, 9.17) is 15.7 Å². The summed E-state index contributed by atoms with van der Waals surface area (Å²) in [6.07, 6.45) is 3.11. The average Bonchev–Trinajstić information content (AvgIpc) is 2.79. The average molecular weight is 333 g/mol. The Morgan fingerprint density at radius 3 is 2.25 bits per heavy atom. The second-order valence-electron chi connectivity index (χ2n) is 6.01. The Labute approximate surface area is 139 Å². The molecule has 24 heavy (non-hydrogen) atoms. The Kier molecular flexibility index (Phi) is 5.34. The van der Waals surface area contributed by atoms with Crippen LogP contribution < -0.4 is 5.73 Å². The lowest BCUT2D eigenvalue weighted by molar-refractivity contribution is -0.154. The zero-order chi connectivity index (χ0) is 17.9. The number of esters is 1. The fourth-order valence-electron chi connectivity index (χ4n) is 3.15. The van der Waals surface area contributed by atoms with Gasteiger partial charge in [-0.1, -0.05) is 12.8 Å². The van der Waals surface area contributed by atoms with Crippen molar-refractivity contribution < 1.29 is 23.9 Å². The third kappa shape index (κ3) is 3.45. The van der Waals surface area contributed by atoms with Crippen LogP contribution >= 0.6 is 0 Å². The van der Waals surface area contributed by atoms with Gasteiger partial charge in [0.15, 0.2) is 6.61 Å². The molecule has 128 valence electrons. The predicted molar refractivity (Wildman–Crippen MR) is 80.6 cm³/mol. The summed E-state index contributed by atoms with van der Waals surface area (Å²) in [6.45, 7) is 0.228. The number of rotatable bonds is 5. The van der Waals surface area contributed by atoms with Crippen molar-refractivity contribution in [3.8, 4) is 6.07 Å². The molecule has 1 heterocycles. The number of nitriles is 1. The smallest absolute Gasteiger partial charge is 0.326 e. The maximum absolute atomic E-state index is 12.2. The van der Waals surface area contributed by atoms with Crippen molar-refractivity contribution in [1.82, 2.24) is 4.90 Å². The van der Waals surface area contributed by atoms with Crippen molar-refractivity contribution in [2.75, 3.05) is 13.2 Å². The first-order chi connectivity index (χ1) is 11.4. The van der Waals surface area contributed by atoms with E-state index in [1.54, 1.807) is 6.07 Å². The monoisotopic (exact) mass is 333 g/mol. The van der Waals surface area contributed by atoms with Gasteiger partial charge in [-0.2, -0.15) is 5.26 Å². The van der Waals surface area contributed by atoms with Crippen molar-refractivity contribution in [2.24, 2.45) is 17.6 Å². The Hall–Kier alpha value is -2.69. The highest BCUT2D eigenvalue weighted by Gasteiger charge is 2.48. The number of likely N-dealkylation sites (tertiary alicyclic amines) is 1. The SMILES string of the molecule is CC(N)=C(C#N)C(=O)COC(=O)CN1C(=O)C2CCCCC2C1=O. The van der Waals surface area contributed by atoms with Crippen molar-refractivity contribution in [2.45, 2.75) is 32.6 Å². The summed E-state index contributed by atoms with van der Waals surface area (Å²) in [7, 11) is 0. The van der Waals surface area contributed by atoms with Crippen LogP contribution in [-0.4, -0.2) is 41.6 Å². The van der Waals surface area contributed by atoms with Gasteiger partial charge < -0.3 is 10.5 Å². The number of nitrogens with two attached hydrogens (primary N) is 1. The first-order valence-corrected chi connectivity index (χ1v) is 7.77. The molecule has 1 saturated heterocycles. The number of carbonyl (C=O) groups excluding carboxylic acids is 4. The number of ketones is 1. The summed E-state index contributed by atoms with van der Waals surface area (Å²) < 4.78 is 4.77. The minimum absolute atomic E-state index is 0.0347. The minimum Gasteiger partial charge on any atom is -0.456 e. The van der Waals surface area contributed by atoms with Crippen LogP contribution in [0.2, 0.25) is 0 Å². The van der Waals surface area contributed by atoms with Crippen molar-refractivity contribution in [3.05, 3.63) is 11.3 Å². The summed E-state index contributed by atoms with van der Waals surface area (Å²) in [4.78, 5) is 48.9. The van der Waals surface area contributed by atoms with Gasteiger partial charge in [0.05, 0.1) is 11.8 Å². The van der Waals surface area contributed by atoms with Gasteiger partial charge in [0, 0.05) is 5.70 Å². The topological polar surface area (TPSA) is 131 Å². The molecule has 2 N–H and O–H groups in total. The number of ether oxygens (including phenoxy) is 1. The van der Waals surface area contributed by atoms with Crippen molar-refractivity contribution in [3.63, 3.8) is 0 Å². The quantitative estimate of drug-likeness (QED) is 0.325. The van der Waals surface area contributed by atoms with E-state index in [-0.39, 0.29) is 34.9 Å². The van der Waals surface area contributed by atoms with Gasteiger partial charge in [-0.15, -0.1) is 0 Å². The standard InChI is InChI=1S/C16H19N3O5/c1-9(18)12(6-17)13(20)8-24-14(21)7-19-15(22)10-4-2-3-5-11(10)16(19)23/h10-11H,2-5,7-8,18H2,1H3. The zero-order valence-corrected chi connectivity index (χ0v) is 13.4. The summed E-state index contributed by atoms with van der Waals surface area (Å²) in [5, 5.41) is 8.80. The third-order valence-electron chi connectivity index (χ3n) is 4.37. The van der Waals surface area contributed by atoms with Crippen LogP contribution in [0.3, 0.4) is 0 Å². The van der Waals surface area contributed by atoms with Gasteiger partial charge in [-0.05, 0) is 19.8 Å². The lowest BCUT2D eigenvalue weighted by atomic mass is 9.81. The van der Waals surface area contributed by atoms with Crippen LogP contribution in [-0.2, 0) is 23.9 Å². The van der Waals surface area contributed by atoms with Gasteiger partial charge >= 0.3 is 5.97 Å². The Morgan fingerprint density at radius 1 is 1.25 bits per heavy atom. The highest BCUT2D eigenvalue weighted by atomic mass is 16.5. The molecule has 0 aromatic rings. The molecule has 0 aromatic heterocycles. The molecule has 8 heteroatoms. The Morgan fingerprint density at radius 2 is 1.79 bits per heavy atom. The molecule has 2 atom stereocenters. The number of fused-ring (bicyclic) bond motifs is 1. The second kappa shape index (κ2) is 7.25. The molecule has 1 aliphatic heterocycles. The van der Waals surface area contributed by atoms with Crippen LogP contribution in [0.15, 0.2) is 11.3 Å². The normalized spacial score (nSPS) is 24.1. The lowest BCUT2D eigenvalue weighted by Gasteiger charge is -2.19. The largest absolute Gasteiger partial charge is 0.456 e. The minimum atomic E-state index is -0.865. The molecular weight excluding hydrogens is 314 g/mol. The van der Waals surface area contributed by atoms with E-state index in [0.717, 1.165) is 17.7 Å². The maximum atomic E-state index is 12.2. The van der Waals surface area contributed by atoms with E-state index in [2.05, 4.69) is 0 Å². The number of imide groups is 1. The molecule has 0 radical (unpaired) electrons. The summed E-state index contributed by atoms with van der Waals surface area (Å²) >= 11 is 0. The van der Waals surface area contributed by atoms with Gasteiger partial charge in [-0.3, -0.25) is 24.1 Å². The highest BCUT2D eigenvalue weighted by Crippen LogP contribution is 2.37. The molecule has 1 saturated carbocycles. The van der Waals surface area contributed by atoms with Gasteiger partial charge in [0.2, 0.25) is 17.6 Å². The molecule has 2 aliphatic rings. The first-order valence-electron chi connectivity index (χ1n) is 7.77. The second-order valence-corrected chi connectivity index (χ2v) is 6.01. The van der Waals surface area contributed by atoms with E-state index in [0.29, 0.717) is 12.8 Å². The molecule has 0 spiro atoms. The van der Waals surface area contributed by atoms with Crippen LogP contribution in [0.25, 0.3) is 0 Å². The van der Waals surface area contributed by atoms with E-state index in [9.17, 15) is 19.2 Å². The molecular formula is C16H19N3O5. The van der Waals surface area contributed by atoms with Gasteiger partial charge in [0.1, 0.15) is 18.2 Å². The Bertz CT molecular complexity index is 633. The van der Waals surface area contributed by atoms with Crippen LogP contribution in [0.4, 0.5) is 0 Å². The number of amides is 2. The van der Waals surface area contributed by atoms with E-state index < -0.39 is 24.9 Å². The van der Waals surface area contributed by atoms with Crippen LogP contribution in [0.5, 0.6) is 0 Å². The molecule has 2 unspecified atom stereocenters. The molecule has 0 bridgehead atoms. The first kappa shape index (κ1) is 17.7. The number of Topliss-reactive ketones (excluding diaryl/α,β-unsaturated/α-hetero) is 1. The van der Waals surface area contributed by atoms with Gasteiger partial charge in [-0.25, -0.2) is 0 Å². The van der Waals surface area contributed by atoms with Crippen LogP contribution in [0, 0.1) is 23.2 Å². The number of hydrogen-bond acceptors (Lipinski definition) is 7. The molecule has 2 fully saturated rings. The van der Waals surface area contributed by atoms with E-state index >= 15 is 0 Å². The van der Waals surface area contributed by atoms with Crippen molar-refractivity contribution >= 4 is 23.6 Å². The fraction of sp³-hybridized carbons (Fsp3) is 0.562. The highest BCUT2D eigenvalue weighted by molar-refractivity contribution is 6.07. The molecule has 1 aliphatic carbocycles. The zero-order valence-electron chi connectivity index (χ0n) is 13.4. The number of allylic oxidation sites excluding steroid dienone is 1. The summed E-state index contributed by atoms with van der Waals surface area (Å²) in [6, 6.07) is 1.64. The molecule has 8 nitrogen and oxygen atoms in total. The number of hydrogen-bond donors (Lipinski definition) is 1.